The number of furan rings is 1. The van der Waals surface area contributed by atoms with Crippen LogP contribution in [0, 0.1) is 11.8 Å². The summed E-state index contributed by atoms with van der Waals surface area (Å²) in [5, 5.41) is 0. The average Bonchev–Trinajstić information content (AvgIpc) is 2.95. The summed E-state index contributed by atoms with van der Waals surface area (Å²) in [4.78, 5) is 14.7. The van der Waals surface area contributed by atoms with Crippen LogP contribution in [-0.4, -0.2) is 23.9 Å². The topological polar surface area (TPSA) is 33.5 Å². The van der Waals surface area contributed by atoms with E-state index in [2.05, 4.69) is 13.8 Å². The molecule has 3 nitrogen and oxygen atoms in total. The number of likely N-dealkylation sites (tertiary alicyclic amines) is 1. The van der Waals surface area contributed by atoms with Gasteiger partial charge in [-0.25, -0.2) is 0 Å². The summed E-state index contributed by atoms with van der Waals surface area (Å²) in [5.74, 6) is 1.57. The van der Waals surface area contributed by atoms with Gasteiger partial charge in [0, 0.05) is 18.7 Å². The van der Waals surface area contributed by atoms with Crippen LogP contribution in [0.1, 0.15) is 30.8 Å². The van der Waals surface area contributed by atoms with Crippen LogP contribution in [0.3, 0.4) is 0 Å². The number of piperidine rings is 1. The van der Waals surface area contributed by atoms with Crippen molar-refractivity contribution in [3.8, 4) is 11.1 Å². The minimum atomic E-state index is 0.0113. The van der Waals surface area contributed by atoms with Crippen molar-refractivity contribution in [1.82, 2.24) is 4.90 Å². The monoisotopic (exact) mass is 283 g/mol. The highest BCUT2D eigenvalue weighted by Gasteiger charge is 2.29. The quantitative estimate of drug-likeness (QED) is 0.832. The van der Waals surface area contributed by atoms with Gasteiger partial charge in [-0.2, -0.15) is 0 Å². The Kier molecular flexibility index (Phi) is 3.82. The first-order chi connectivity index (χ1) is 10.1. The Balaban J connectivity index is 1.88. The van der Waals surface area contributed by atoms with E-state index in [1.54, 1.807) is 6.26 Å². The molecule has 1 fully saturated rings. The third kappa shape index (κ3) is 2.87. The molecule has 1 aromatic carbocycles. The lowest BCUT2D eigenvalue weighted by Gasteiger charge is -2.34. The van der Waals surface area contributed by atoms with Gasteiger partial charge < -0.3 is 9.32 Å². The fourth-order valence-electron chi connectivity index (χ4n) is 3.29. The number of hydrogen-bond donors (Lipinski definition) is 0. The Morgan fingerprint density at radius 2 is 1.76 bits per heavy atom. The van der Waals surface area contributed by atoms with Crippen LogP contribution in [-0.2, 0) is 0 Å². The van der Waals surface area contributed by atoms with E-state index < -0.39 is 0 Å². The Labute approximate surface area is 125 Å². The van der Waals surface area contributed by atoms with Gasteiger partial charge in [0.1, 0.15) is 0 Å². The van der Waals surface area contributed by atoms with Crippen molar-refractivity contribution in [2.24, 2.45) is 11.8 Å². The van der Waals surface area contributed by atoms with E-state index in [1.165, 1.54) is 6.42 Å². The minimum Gasteiger partial charge on any atom is -0.459 e. The van der Waals surface area contributed by atoms with Gasteiger partial charge >= 0.3 is 0 Å². The first-order valence-corrected chi connectivity index (χ1v) is 7.57. The maximum absolute atomic E-state index is 12.8. The second-order valence-corrected chi connectivity index (χ2v) is 6.19. The third-order valence-electron chi connectivity index (χ3n) is 4.10. The zero-order valence-electron chi connectivity index (χ0n) is 12.6. The van der Waals surface area contributed by atoms with Crippen molar-refractivity contribution in [3.05, 3.63) is 48.4 Å². The minimum absolute atomic E-state index is 0.0113. The van der Waals surface area contributed by atoms with Gasteiger partial charge in [-0.15, -0.1) is 0 Å². The number of hydrogen-bond acceptors (Lipinski definition) is 2. The van der Waals surface area contributed by atoms with E-state index in [4.69, 9.17) is 4.42 Å². The molecule has 0 spiro atoms. The van der Waals surface area contributed by atoms with Gasteiger partial charge in [0.15, 0.2) is 5.76 Å². The summed E-state index contributed by atoms with van der Waals surface area (Å²) in [5.41, 5.74) is 1.90. The van der Waals surface area contributed by atoms with Gasteiger partial charge in [-0.05, 0) is 29.9 Å². The molecule has 2 atom stereocenters. The van der Waals surface area contributed by atoms with Crippen molar-refractivity contribution >= 4 is 5.91 Å². The van der Waals surface area contributed by atoms with Crippen LogP contribution in [0.5, 0.6) is 0 Å². The van der Waals surface area contributed by atoms with Crippen LogP contribution in [0.2, 0.25) is 0 Å². The van der Waals surface area contributed by atoms with E-state index in [1.807, 2.05) is 41.3 Å². The summed E-state index contributed by atoms with van der Waals surface area (Å²) in [6.45, 7) is 6.04. The second-order valence-electron chi connectivity index (χ2n) is 6.19. The predicted octanol–water partition coefficient (Wildman–Crippen LogP) is 4.06. The van der Waals surface area contributed by atoms with Crippen LogP contribution in [0.15, 0.2) is 47.1 Å². The van der Waals surface area contributed by atoms with Crippen molar-refractivity contribution in [2.45, 2.75) is 20.3 Å². The molecule has 0 radical (unpaired) electrons. The molecule has 1 amide bonds. The molecule has 2 heterocycles. The number of benzene rings is 1. The zero-order chi connectivity index (χ0) is 14.8. The van der Waals surface area contributed by atoms with Crippen molar-refractivity contribution in [2.75, 3.05) is 13.1 Å². The highest BCUT2D eigenvalue weighted by atomic mass is 16.3. The fraction of sp³-hybridized carbons (Fsp3) is 0.389. The van der Waals surface area contributed by atoms with Crippen LogP contribution >= 0.6 is 0 Å². The number of rotatable bonds is 2. The number of amides is 1. The lowest BCUT2D eigenvalue weighted by atomic mass is 9.91. The molecule has 1 saturated heterocycles. The maximum atomic E-state index is 12.8. The molecule has 110 valence electrons. The van der Waals surface area contributed by atoms with E-state index >= 15 is 0 Å². The molecule has 1 aliphatic heterocycles. The summed E-state index contributed by atoms with van der Waals surface area (Å²) in [6.07, 6.45) is 2.79. The van der Waals surface area contributed by atoms with Gasteiger partial charge in [0.05, 0.1) is 6.26 Å². The first-order valence-electron chi connectivity index (χ1n) is 7.57. The predicted molar refractivity (Wildman–Crippen MR) is 83.0 cm³/mol. The molecular formula is C18H21NO2. The van der Waals surface area contributed by atoms with E-state index in [-0.39, 0.29) is 5.91 Å². The molecule has 3 heteroatoms. The molecule has 3 rings (SSSR count). The lowest BCUT2D eigenvalue weighted by Crippen LogP contribution is -2.42. The van der Waals surface area contributed by atoms with Crippen LogP contribution in [0.25, 0.3) is 11.1 Å². The first kappa shape index (κ1) is 13.9. The molecule has 0 bridgehead atoms. The molecule has 0 aliphatic carbocycles. The average molecular weight is 283 g/mol. The molecule has 0 unspecified atom stereocenters. The zero-order valence-corrected chi connectivity index (χ0v) is 12.6. The van der Waals surface area contributed by atoms with Crippen molar-refractivity contribution in [1.29, 1.82) is 0 Å². The maximum Gasteiger partial charge on any atom is 0.290 e. The van der Waals surface area contributed by atoms with Crippen LogP contribution < -0.4 is 0 Å². The largest absolute Gasteiger partial charge is 0.459 e. The summed E-state index contributed by atoms with van der Waals surface area (Å²) < 4.78 is 5.51. The molecule has 2 aromatic rings. The Morgan fingerprint density at radius 1 is 1.10 bits per heavy atom. The smallest absolute Gasteiger partial charge is 0.290 e. The normalized spacial score (nSPS) is 22.3. The standard InChI is InChI=1S/C18H21NO2/c1-13-10-14(2)12-19(11-13)18(20)17-16(8-9-21-17)15-6-4-3-5-7-15/h3-9,13-14H,10-12H2,1-2H3/t13-,14-/m1/s1. The molecule has 1 aromatic heterocycles. The van der Waals surface area contributed by atoms with E-state index in [9.17, 15) is 4.79 Å². The molecule has 21 heavy (non-hydrogen) atoms. The van der Waals surface area contributed by atoms with Crippen LogP contribution in [0.4, 0.5) is 0 Å². The molecule has 0 saturated carbocycles. The van der Waals surface area contributed by atoms with Gasteiger partial charge in [-0.3, -0.25) is 4.79 Å². The van der Waals surface area contributed by atoms with E-state index in [0.29, 0.717) is 17.6 Å². The van der Waals surface area contributed by atoms with Crippen molar-refractivity contribution < 1.29 is 9.21 Å². The molecule has 1 aliphatic rings. The number of carbonyl (C=O) groups is 1. The molecular weight excluding hydrogens is 262 g/mol. The fourth-order valence-corrected chi connectivity index (χ4v) is 3.29. The molecule has 0 N–H and O–H groups in total. The Morgan fingerprint density at radius 3 is 2.43 bits per heavy atom. The Bertz CT molecular complexity index is 607. The van der Waals surface area contributed by atoms with Crippen molar-refractivity contribution in [3.63, 3.8) is 0 Å². The van der Waals surface area contributed by atoms with Gasteiger partial charge in [0.2, 0.25) is 0 Å². The van der Waals surface area contributed by atoms with E-state index in [0.717, 1.165) is 24.2 Å². The summed E-state index contributed by atoms with van der Waals surface area (Å²) >= 11 is 0. The number of nitrogens with zero attached hydrogens (tertiary/aromatic N) is 1. The highest BCUT2D eigenvalue weighted by molar-refractivity contribution is 5.98. The summed E-state index contributed by atoms with van der Waals surface area (Å²) in [7, 11) is 0. The van der Waals surface area contributed by atoms with Gasteiger partial charge in [0.25, 0.3) is 5.91 Å². The highest BCUT2D eigenvalue weighted by Crippen LogP contribution is 2.28. The lowest BCUT2D eigenvalue weighted by molar-refractivity contribution is 0.0592. The summed E-state index contributed by atoms with van der Waals surface area (Å²) in [6, 6.07) is 11.8. The Hall–Kier alpha value is -2.03. The second kappa shape index (κ2) is 5.76. The third-order valence-corrected chi connectivity index (χ3v) is 4.10. The number of carbonyl (C=O) groups excluding carboxylic acids is 1. The van der Waals surface area contributed by atoms with Gasteiger partial charge in [-0.1, -0.05) is 44.2 Å². The SMILES string of the molecule is C[C@@H]1C[C@@H](C)CN(C(=O)c2occc2-c2ccccc2)C1.